The molecule has 1 atom stereocenters. The van der Waals surface area contributed by atoms with Crippen molar-refractivity contribution in [2.75, 3.05) is 42.2 Å². The second-order valence-electron chi connectivity index (χ2n) is 10.5. The lowest BCUT2D eigenvalue weighted by molar-refractivity contribution is 0.100. The fraction of sp³-hybridized carbons (Fsp3) is 0.615. The van der Waals surface area contributed by atoms with Gasteiger partial charge in [-0.1, -0.05) is 39.2 Å². The predicted octanol–water partition coefficient (Wildman–Crippen LogP) is 3.93. The largest absolute Gasteiger partial charge is 0.366 e. The summed E-state index contributed by atoms with van der Waals surface area (Å²) in [7, 11) is 2.00. The number of primary amides is 1. The third kappa shape index (κ3) is 6.60. The minimum Gasteiger partial charge on any atom is -0.366 e. The van der Waals surface area contributed by atoms with Gasteiger partial charge in [0, 0.05) is 50.0 Å². The molecule has 1 saturated heterocycles. The number of hydrogen-bond donors (Lipinski definition) is 3. The van der Waals surface area contributed by atoms with Crippen molar-refractivity contribution in [1.29, 1.82) is 0 Å². The van der Waals surface area contributed by atoms with Gasteiger partial charge in [0.1, 0.15) is 0 Å². The van der Waals surface area contributed by atoms with Gasteiger partial charge in [0.2, 0.25) is 23.8 Å². The van der Waals surface area contributed by atoms with Crippen molar-refractivity contribution >= 4 is 29.4 Å². The van der Waals surface area contributed by atoms with E-state index in [-0.39, 0.29) is 0 Å². The van der Waals surface area contributed by atoms with Gasteiger partial charge >= 0.3 is 0 Å². The van der Waals surface area contributed by atoms with E-state index < -0.39 is 5.91 Å². The molecule has 1 aliphatic carbocycles. The van der Waals surface area contributed by atoms with Gasteiger partial charge in [-0.2, -0.15) is 15.0 Å². The fourth-order valence-electron chi connectivity index (χ4n) is 5.18. The number of benzene rings is 1. The highest BCUT2D eigenvalue weighted by molar-refractivity contribution is 5.94. The van der Waals surface area contributed by atoms with Crippen LogP contribution in [0.1, 0.15) is 68.3 Å². The number of nitrogens with zero attached hydrogens (tertiary/aromatic N) is 5. The van der Waals surface area contributed by atoms with Crippen LogP contribution in [0, 0.1) is 12.8 Å². The molecule has 1 saturated carbocycles. The molecule has 1 aliphatic heterocycles. The monoisotopic (exact) mass is 480 g/mol. The summed E-state index contributed by atoms with van der Waals surface area (Å²) in [5.74, 6) is 1.64. The molecule has 4 rings (SSSR count). The zero-order valence-corrected chi connectivity index (χ0v) is 21.5. The molecule has 2 aromatic rings. The molecule has 0 unspecified atom stereocenters. The molecule has 190 valence electrons. The topological polar surface area (TPSA) is 112 Å². The quantitative estimate of drug-likeness (QED) is 0.495. The second-order valence-corrected chi connectivity index (χ2v) is 10.5. The van der Waals surface area contributed by atoms with Crippen LogP contribution in [0.3, 0.4) is 0 Å². The average molecular weight is 481 g/mol. The Morgan fingerprint density at radius 3 is 2.60 bits per heavy atom. The second kappa shape index (κ2) is 11.2. The molecule has 9 nitrogen and oxygen atoms in total. The van der Waals surface area contributed by atoms with E-state index in [0.29, 0.717) is 35.4 Å². The lowest BCUT2D eigenvalue weighted by atomic mass is 9.94. The van der Waals surface area contributed by atoms with Crippen LogP contribution in [0.2, 0.25) is 0 Å². The number of amides is 1. The minimum atomic E-state index is -0.466. The number of nitrogens with one attached hydrogen (secondary N) is 2. The van der Waals surface area contributed by atoms with E-state index in [9.17, 15) is 4.79 Å². The van der Waals surface area contributed by atoms with Crippen LogP contribution >= 0.6 is 0 Å². The Balaban J connectivity index is 1.54. The highest BCUT2D eigenvalue weighted by Crippen LogP contribution is 2.27. The Labute approximate surface area is 208 Å². The molecule has 0 radical (unpaired) electrons. The molecule has 1 aromatic carbocycles. The third-order valence-corrected chi connectivity index (χ3v) is 7.02. The summed E-state index contributed by atoms with van der Waals surface area (Å²) >= 11 is 0. The molecule has 2 fully saturated rings. The third-order valence-electron chi connectivity index (χ3n) is 7.02. The molecule has 4 N–H and O–H groups in total. The molecular formula is C26H40N8O. The lowest BCUT2D eigenvalue weighted by Crippen LogP contribution is -2.36. The molecule has 35 heavy (non-hydrogen) atoms. The van der Waals surface area contributed by atoms with Crippen LogP contribution in [0.15, 0.2) is 18.2 Å². The Morgan fingerprint density at radius 2 is 1.89 bits per heavy atom. The smallest absolute Gasteiger partial charge is 0.248 e. The van der Waals surface area contributed by atoms with Crippen LogP contribution in [-0.4, -0.2) is 64.5 Å². The van der Waals surface area contributed by atoms with Crippen LogP contribution in [-0.2, 0) is 0 Å². The summed E-state index contributed by atoms with van der Waals surface area (Å²) < 4.78 is 0. The first-order valence-corrected chi connectivity index (χ1v) is 12.9. The van der Waals surface area contributed by atoms with Crippen LogP contribution in [0.4, 0.5) is 23.5 Å². The summed E-state index contributed by atoms with van der Waals surface area (Å²) in [6, 6.07) is 6.37. The van der Waals surface area contributed by atoms with Gasteiger partial charge in [0.05, 0.1) is 0 Å². The van der Waals surface area contributed by atoms with Gasteiger partial charge in [-0.05, 0) is 49.8 Å². The Morgan fingerprint density at radius 1 is 1.14 bits per heavy atom. The summed E-state index contributed by atoms with van der Waals surface area (Å²) in [4.78, 5) is 30.5. The first-order chi connectivity index (χ1) is 16.8. The number of rotatable bonds is 9. The first-order valence-electron chi connectivity index (χ1n) is 12.9. The van der Waals surface area contributed by atoms with Crippen LogP contribution in [0.5, 0.6) is 0 Å². The molecule has 2 aliphatic rings. The van der Waals surface area contributed by atoms with Crippen molar-refractivity contribution in [3.8, 4) is 0 Å². The van der Waals surface area contributed by atoms with E-state index in [1.165, 1.54) is 32.1 Å². The number of aromatic nitrogens is 3. The fourth-order valence-corrected chi connectivity index (χ4v) is 5.18. The summed E-state index contributed by atoms with van der Waals surface area (Å²) in [5, 5.41) is 6.88. The number of nitrogens with two attached hydrogens (primary N) is 1. The molecular weight excluding hydrogens is 440 g/mol. The van der Waals surface area contributed by atoms with Gasteiger partial charge in [-0.3, -0.25) is 9.69 Å². The van der Waals surface area contributed by atoms with Gasteiger partial charge in [0.15, 0.2) is 0 Å². The average Bonchev–Trinajstić information content (AvgIpc) is 3.29. The first kappa shape index (κ1) is 25.2. The van der Waals surface area contributed by atoms with Crippen molar-refractivity contribution in [3.05, 3.63) is 29.3 Å². The maximum atomic E-state index is 11.7. The Kier molecular flexibility index (Phi) is 8.05. The minimum absolute atomic E-state index is 0.315. The van der Waals surface area contributed by atoms with E-state index in [0.717, 1.165) is 43.3 Å². The van der Waals surface area contributed by atoms with Crippen LogP contribution in [0.25, 0.3) is 0 Å². The van der Waals surface area contributed by atoms with Crippen molar-refractivity contribution in [2.24, 2.45) is 11.7 Å². The molecule has 9 heteroatoms. The highest BCUT2D eigenvalue weighted by atomic mass is 16.1. The van der Waals surface area contributed by atoms with Crippen molar-refractivity contribution in [3.63, 3.8) is 0 Å². The molecule has 0 bridgehead atoms. The number of hydrogen-bond acceptors (Lipinski definition) is 8. The van der Waals surface area contributed by atoms with Crippen molar-refractivity contribution in [2.45, 2.75) is 71.4 Å². The van der Waals surface area contributed by atoms with Gasteiger partial charge in [0.25, 0.3) is 0 Å². The van der Waals surface area contributed by atoms with Crippen molar-refractivity contribution < 1.29 is 4.79 Å². The van der Waals surface area contributed by atoms with E-state index in [2.05, 4.69) is 39.3 Å². The SMILES string of the molecule is Cc1ccc(C(N)=O)cc1Nc1nc(N[C@H]2CCN(C3CCCCC3)C2)nc(N(C)CC(C)C)n1. The zero-order chi connectivity index (χ0) is 24.9. The van der Waals surface area contributed by atoms with Crippen LogP contribution < -0.4 is 21.3 Å². The molecule has 0 spiro atoms. The number of carbonyl (C=O) groups is 1. The molecule has 2 heterocycles. The van der Waals surface area contributed by atoms with E-state index in [1.807, 2.05) is 20.0 Å². The molecule has 1 aromatic heterocycles. The number of likely N-dealkylation sites (tertiary alicyclic amines) is 1. The van der Waals surface area contributed by atoms with E-state index in [1.54, 1.807) is 12.1 Å². The molecule has 1 amide bonds. The van der Waals surface area contributed by atoms with Gasteiger partial charge in [-0.15, -0.1) is 0 Å². The maximum absolute atomic E-state index is 11.7. The van der Waals surface area contributed by atoms with Gasteiger partial charge in [-0.25, -0.2) is 0 Å². The normalized spacial score (nSPS) is 19.2. The summed E-state index contributed by atoms with van der Waals surface area (Å²) in [6.07, 6.45) is 7.80. The van der Waals surface area contributed by atoms with E-state index >= 15 is 0 Å². The standard InChI is InChI=1S/C26H40N8O/c1-17(2)15-33(4)26-31-24(28-20-12-13-34(16-20)21-8-6-5-7-9-21)30-25(32-26)29-22-14-19(23(27)35)11-10-18(22)3/h10-11,14,17,20-21H,5-9,12-13,15-16H2,1-4H3,(H2,27,35)(H2,28,29,30,31,32)/t20-/m0/s1. The Bertz CT molecular complexity index is 1020. The number of aryl methyl sites for hydroxylation is 1. The zero-order valence-electron chi connectivity index (χ0n) is 21.5. The van der Waals surface area contributed by atoms with E-state index in [4.69, 9.17) is 15.7 Å². The Hall–Kier alpha value is -2.94. The summed E-state index contributed by atoms with van der Waals surface area (Å²) in [6.45, 7) is 9.30. The number of anilines is 4. The maximum Gasteiger partial charge on any atom is 0.248 e. The summed E-state index contributed by atoms with van der Waals surface area (Å²) in [5.41, 5.74) is 7.65. The van der Waals surface area contributed by atoms with Crippen molar-refractivity contribution in [1.82, 2.24) is 19.9 Å². The number of carbonyl (C=O) groups excluding carboxylic acids is 1. The lowest BCUT2D eigenvalue weighted by Gasteiger charge is -2.31. The predicted molar refractivity (Wildman–Crippen MR) is 141 cm³/mol. The highest BCUT2D eigenvalue weighted by Gasteiger charge is 2.29. The van der Waals surface area contributed by atoms with Gasteiger partial charge < -0.3 is 21.3 Å².